The minimum atomic E-state index is -0.905. The summed E-state index contributed by atoms with van der Waals surface area (Å²) in [6, 6.07) is 0. The molecule has 0 spiro atoms. The summed E-state index contributed by atoms with van der Waals surface area (Å²) in [6.45, 7) is 1.99. The van der Waals surface area contributed by atoms with E-state index < -0.39 is 12.1 Å². The number of aliphatic hydroxyl groups is 1. The molecule has 0 aromatic carbocycles. The zero-order valence-corrected chi connectivity index (χ0v) is 6.96. The summed E-state index contributed by atoms with van der Waals surface area (Å²) < 4.78 is 4.45. The van der Waals surface area contributed by atoms with E-state index >= 15 is 0 Å². The van der Waals surface area contributed by atoms with Crippen molar-refractivity contribution in [3.05, 3.63) is 0 Å². The van der Waals surface area contributed by atoms with Gasteiger partial charge in [0, 0.05) is 5.41 Å². The fraction of sp³-hybridized carbons (Fsp3) is 0.875. The molecular weight excluding hydrogens is 144 g/mol. The molecule has 0 aromatic heterocycles. The number of hydrogen-bond donors (Lipinski definition) is 1. The fourth-order valence-corrected chi connectivity index (χ4v) is 1.34. The van der Waals surface area contributed by atoms with Crippen molar-refractivity contribution in [2.75, 3.05) is 7.11 Å². The highest BCUT2D eigenvalue weighted by Gasteiger charge is 2.50. The second-order valence-corrected chi connectivity index (χ2v) is 3.14. The van der Waals surface area contributed by atoms with Crippen LogP contribution in [0.4, 0.5) is 0 Å². The Kier molecular flexibility index (Phi) is 2.18. The summed E-state index contributed by atoms with van der Waals surface area (Å²) in [5.74, 6) is -0.496. The number of hydrogen-bond acceptors (Lipinski definition) is 3. The Balaban J connectivity index is 2.53. The first-order chi connectivity index (χ1) is 5.16. The van der Waals surface area contributed by atoms with Crippen LogP contribution < -0.4 is 0 Å². The van der Waals surface area contributed by atoms with Gasteiger partial charge in [0.05, 0.1) is 7.11 Å². The molecule has 1 saturated carbocycles. The Labute approximate surface area is 66.4 Å². The van der Waals surface area contributed by atoms with E-state index in [1.165, 1.54) is 7.11 Å². The Bertz CT molecular complexity index is 161. The number of rotatable bonds is 3. The summed E-state index contributed by atoms with van der Waals surface area (Å²) >= 11 is 0. The largest absolute Gasteiger partial charge is 0.467 e. The van der Waals surface area contributed by atoms with Crippen LogP contribution in [0.5, 0.6) is 0 Å². The van der Waals surface area contributed by atoms with Crippen LogP contribution in [0, 0.1) is 5.41 Å². The van der Waals surface area contributed by atoms with E-state index in [9.17, 15) is 9.90 Å². The average Bonchev–Trinajstić information content (AvgIpc) is 2.82. The van der Waals surface area contributed by atoms with Crippen molar-refractivity contribution in [3.8, 4) is 0 Å². The lowest BCUT2D eigenvalue weighted by molar-refractivity contribution is -0.154. The summed E-state index contributed by atoms with van der Waals surface area (Å²) in [5, 5.41) is 9.43. The van der Waals surface area contributed by atoms with E-state index in [2.05, 4.69) is 4.74 Å². The van der Waals surface area contributed by atoms with Gasteiger partial charge in [0.2, 0.25) is 0 Å². The first kappa shape index (κ1) is 8.53. The van der Waals surface area contributed by atoms with Crippen molar-refractivity contribution in [1.82, 2.24) is 0 Å². The highest BCUT2D eigenvalue weighted by atomic mass is 16.5. The first-order valence-electron chi connectivity index (χ1n) is 3.92. The van der Waals surface area contributed by atoms with Crippen molar-refractivity contribution in [1.29, 1.82) is 0 Å². The lowest BCUT2D eigenvalue weighted by atomic mass is 9.96. The van der Waals surface area contributed by atoms with Crippen LogP contribution in [-0.2, 0) is 9.53 Å². The summed E-state index contributed by atoms with van der Waals surface area (Å²) in [7, 11) is 1.30. The van der Waals surface area contributed by atoms with Crippen molar-refractivity contribution >= 4 is 5.97 Å². The fourth-order valence-electron chi connectivity index (χ4n) is 1.34. The third-order valence-electron chi connectivity index (χ3n) is 2.60. The number of ether oxygens (including phenoxy) is 1. The number of carbonyl (C=O) groups excluding carboxylic acids is 1. The van der Waals surface area contributed by atoms with Gasteiger partial charge in [-0.15, -0.1) is 0 Å². The Morgan fingerprint density at radius 3 is 2.55 bits per heavy atom. The molecule has 1 unspecified atom stereocenters. The van der Waals surface area contributed by atoms with Gasteiger partial charge in [0.15, 0.2) is 6.10 Å². The molecule has 1 fully saturated rings. The first-order valence-corrected chi connectivity index (χ1v) is 3.92. The van der Waals surface area contributed by atoms with Gasteiger partial charge in [0.1, 0.15) is 0 Å². The molecule has 0 saturated heterocycles. The molecule has 0 aromatic rings. The van der Waals surface area contributed by atoms with E-state index in [4.69, 9.17) is 0 Å². The number of carbonyl (C=O) groups is 1. The van der Waals surface area contributed by atoms with E-state index in [1.54, 1.807) is 0 Å². The third-order valence-corrected chi connectivity index (χ3v) is 2.60. The number of aliphatic hydroxyl groups excluding tert-OH is 1. The van der Waals surface area contributed by atoms with Gasteiger partial charge in [-0.05, 0) is 19.3 Å². The standard InChI is InChI=1S/C8H14O3/c1-3-8(4-5-8)6(9)7(10)11-2/h6,9H,3-5H2,1-2H3. The van der Waals surface area contributed by atoms with E-state index in [0.717, 1.165) is 19.3 Å². The van der Waals surface area contributed by atoms with Crippen LogP contribution in [-0.4, -0.2) is 24.3 Å². The average molecular weight is 158 g/mol. The Hall–Kier alpha value is -0.570. The van der Waals surface area contributed by atoms with Gasteiger partial charge < -0.3 is 9.84 Å². The third kappa shape index (κ3) is 1.38. The molecule has 0 heterocycles. The molecule has 1 aliphatic carbocycles. The lowest BCUT2D eigenvalue weighted by Gasteiger charge is -2.17. The monoisotopic (exact) mass is 158 g/mol. The molecule has 64 valence electrons. The summed E-state index contributed by atoms with van der Waals surface area (Å²) in [5.41, 5.74) is -0.146. The zero-order valence-electron chi connectivity index (χ0n) is 6.96. The van der Waals surface area contributed by atoms with Gasteiger partial charge in [-0.25, -0.2) is 4.79 Å². The minimum absolute atomic E-state index is 0.146. The van der Waals surface area contributed by atoms with Crippen LogP contribution in [0.2, 0.25) is 0 Å². The second-order valence-electron chi connectivity index (χ2n) is 3.14. The van der Waals surface area contributed by atoms with Gasteiger partial charge in [0.25, 0.3) is 0 Å². The molecule has 0 bridgehead atoms. The summed E-state index contributed by atoms with van der Waals surface area (Å²) in [6.07, 6.45) is 1.83. The highest BCUT2D eigenvalue weighted by Crippen LogP contribution is 2.51. The Morgan fingerprint density at radius 1 is 1.73 bits per heavy atom. The van der Waals surface area contributed by atoms with Crippen LogP contribution in [0.1, 0.15) is 26.2 Å². The zero-order chi connectivity index (χ0) is 8.48. The summed E-state index contributed by atoms with van der Waals surface area (Å²) in [4.78, 5) is 10.9. The quantitative estimate of drug-likeness (QED) is 0.615. The SMILES string of the molecule is CCC1(C(O)C(=O)OC)CC1. The van der Waals surface area contributed by atoms with Crippen LogP contribution >= 0.6 is 0 Å². The molecule has 3 heteroatoms. The van der Waals surface area contributed by atoms with Crippen molar-refractivity contribution in [2.24, 2.45) is 5.41 Å². The van der Waals surface area contributed by atoms with Crippen molar-refractivity contribution < 1.29 is 14.6 Å². The maximum absolute atomic E-state index is 10.9. The molecule has 1 rings (SSSR count). The van der Waals surface area contributed by atoms with Crippen LogP contribution in [0.15, 0.2) is 0 Å². The maximum Gasteiger partial charge on any atom is 0.335 e. The molecule has 3 nitrogen and oxygen atoms in total. The normalized spacial score (nSPS) is 22.5. The van der Waals surface area contributed by atoms with Crippen molar-refractivity contribution in [2.45, 2.75) is 32.3 Å². The minimum Gasteiger partial charge on any atom is -0.467 e. The number of esters is 1. The predicted molar refractivity (Wildman–Crippen MR) is 40.0 cm³/mol. The van der Waals surface area contributed by atoms with E-state index in [-0.39, 0.29) is 5.41 Å². The number of methoxy groups -OCH3 is 1. The van der Waals surface area contributed by atoms with Crippen LogP contribution in [0.3, 0.4) is 0 Å². The second kappa shape index (κ2) is 2.81. The highest BCUT2D eigenvalue weighted by molar-refractivity contribution is 5.75. The molecule has 1 aliphatic rings. The molecule has 11 heavy (non-hydrogen) atoms. The van der Waals surface area contributed by atoms with Crippen molar-refractivity contribution in [3.63, 3.8) is 0 Å². The smallest absolute Gasteiger partial charge is 0.335 e. The Morgan fingerprint density at radius 2 is 2.27 bits per heavy atom. The van der Waals surface area contributed by atoms with Crippen LogP contribution in [0.25, 0.3) is 0 Å². The molecular formula is C8H14O3. The molecule has 0 aliphatic heterocycles. The van der Waals surface area contributed by atoms with Gasteiger partial charge in [-0.1, -0.05) is 6.92 Å². The van der Waals surface area contributed by atoms with Gasteiger partial charge >= 0.3 is 5.97 Å². The molecule has 0 amide bonds. The van der Waals surface area contributed by atoms with Gasteiger partial charge in [-0.2, -0.15) is 0 Å². The van der Waals surface area contributed by atoms with Gasteiger partial charge in [-0.3, -0.25) is 0 Å². The molecule has 1 atom stereocenters. The molecule has 1 N–H and O–H groups in total. The van der Waals surface area contributed by atoms with E-state index in [0.29, 0.717) is 0 Å². The maximum atomic E-state index is 10.9. The lowest BCUT2D eigenvalue weighted by Crippen LogP contribution is -2.31. The molecule has 0 radical (unpaired) electrons. The topological polar surface area (TPSA) is 46.5 Å². The van der Waals surface area contributed by atoms with E-state index in [1.807, 2.05) is 6.92 Å². The predicted octanol–water partition coefficient (Wildman–Crippen LogP) is 0.710.